The van der Waals surface area contributed by atoms with Gasteiger partial charge in [0.05, 0.1) is 0 Å². The molecule has 0 spiro atoms. The van der Waals surface area contributed by atoms with Gasteiger partial charge in [-0.25, -0.2) is 4.79 Å². The van der Waals surface area contributed by atoms with Crippen LogP contribution in [0, 0.1) is 0 Å². The molecule has 4 nitrogen and oxygen atoms in total. The summed E-state index contributed by atoms with van der Waals surface area (Å²) in [5.41, 5.74) is 0.979. The van der Waals surface area contributed by atoms with E-state index >= 15 is 0 Å². The molecular weight excluding hydrogens is 324 g/mol. The minimum atomic E-state index is -0.158. The number of nitrogens with one attached hydrogen (secondary N) is 1. The molecule has 4 rings (SSSR count). The Morgan fingerprint density at radius 1 is 0.846 bits per heavy atom. The van der Waals surface area contributed by atoms with Crippen LogP contribution in [-0.2, 0) is 9.53 Å². The topological polar surface area (TPSA) is 41.3 Å². The molecule has 1 saturated heterocycles. The first-order valence-electron chi connectivity index (χ1n) is 11.2. The maximum atomic E-state index is 12.2. The van der Waals surface area contributed by atoms with E-state index in [0.29, 0.717) is 12.1 Å². The van der Waals surface area contributed by atoms with Crippen LogP contribution >= 0.6 is 0 Å². The van der Waals surface area contributed by atoms with E-state index in [4.69, 9.17) is 4.74 Å². The lowest BCUT2D eigenvalue weighted by Gasteiger charge is -2.35. The first-order valence-corrected chi connectivity index (χ1v) is 11.2. The molecule has 1 N–H and O–H groups in total. The van der Waals surface area contributed by atoms with Crippen molar-refractivity contribution < 1.29 is 9.53 Å². The highest BCUT2D eigenvalue weighted by Crippen LogP contribution is 2.45. The summed E-state index contributed by atoms with van der Waals surface area (Å²) >= 11 is 0. The van der Waals surface area contributed by atoms with Crippen LogP contribution in [0.1, 0.15) is 90.4 Å². The molecule has 2 unspecified atom stereocenters. The first-order chi connectivity index (χ1) is 12.7. The highest BCUT2D eigenvalue weighted by atomic mass is 16.5. The number of hydrogen-bond acceptors (Lipinski definition) is 4. The van der Waals surface area contributed by atoms with Crippen LogP contribution in [0.5, 0.6) is 0 Å². The van der Waals surface area contributed by atoms with E-state index in [1.165, 1.54) is 70.6 Å². The Hall–Kier alpha value is -1.03. The Bertz CT molecular complexity index is 514. The molecule has 146 valence electrons. The summed E-state index contributed by atoms with van der Waals surface area (Å²) in [6, 6.07) is 2.87. The second-order valence-electron chi connectivity index (χ2n) is 8.99. The van der Waals surface area contributed by atoms with E-state index in [0.717, 1.165) is 30.6 Å². The minimum absolute atomic E-state index is 0.142. The van der Waals surface area contributed by atoms with Gasteiger partial charge in [0.25, 0.3) is 0 Å². The van der Waals surface area contributed by atoms with E-state index in [-0.39, 0.29) is 12.1 Å². The molecule has 0 amide bonds. The molecule has 4 fully saturated rings. The van der Waals surface area contributed by atoms with E-state index in [1.54, 1.807) is 6.08 Å². The monoisotopic (exact) mass is 360 g/mol. The second-order valence-corrected chi connectivity index (χ2v) is 8.99. The summed E-state index contributed by atoms with van der Waals surface area (Å²) in [4.78, 5) is 15.1. The lowest BCUT2D eigenvalue weighted by Crippen LogP contribution is -2.46. The predicted molar refractivity (Wildman–Crippen MR) is 104 cm³/mol. The van der Waals surface area contributed by atoms with Gasteiger partial charge < -0.3 is 10.1 Å². The Kier molecular flexibility index (Phi) is 5.87. The number of nitrogens with zero attached hydrogens (tertiary/aromatic N) is 1. The largest absolute Gasteiger partial charge is 0.459 e. The molecule has 1 heterocycles. The number of hydrogen-bond donors (Lipinski definition) is 1. The number of carbonyl (C=O) groups excluding carboxylic acids is 1. The summed E-state index contributed by atoms with van der Waals surface area (Å²) in [6.07, 6.45) is 18.4. The molecule has 4 atom stereocenters. The molecule has 4 aliphatic rings. The van der Waals surface area contributed by atoms with Crippen molar-refractivity contribution in [2.75, 3.05) is 0 Å². The molecule has 3 saturated carbocycles. The summed E-state index contributed by atoms with van der Waals surface area (Å²) < 4.78 is 5.65. The fourth-order valence-corrected chi connectivity index (χ4v) is 5.77. The fourth-order valence-electron chi connectivity index (χ4n) is 5.77. The van der Waals surface area contributed by atoms with E-state index < -0.39 is 0 Å². The highest BCUT2D eigenvalue weighted by molar-refractivity contribution is 5.82. The third kappa shape index (κ3) is 4.27. The van der Waals surface area contributed by atoms with Crippen LogP contribution in [0.3, 0.4) is 0 Å². The molecule has 0 bridgehead atoms. The highest BCUT2D eigenvalue weighted by Gasteiger charge is 2.53. The van der Waals surface area contributed by atoms with Gasteiger partial charge in [0, 0.05) is 35.9 Å². The van der Waals surface area contributed by atoms with Gasteiger partial charge in [-0.05, 0) is 58.3 Å². The van der Waals surface area contributed by atoms with Gasteiger partial charge >= 0.3 is 5.97 Å². The van der Waals surface area contributed by atoms with Crippen molar-refractivity contribution in [3.8, 4) is 0 Å². The lowest BCUT2D eigenvalue weighted by atomic mass is 9.89. The van der Waals surface area contributed by atoms with Gasteiger partial charge in [0.2, 0.25) is 0 Å². The van der Waals surface area contributed by atoms with Crippen molar-refractivity contribution in [1.82, 2.24) is 10.2 Å². The average molecular weight is 361 g/mol. The summed E-state index contributed by atoms with van der Waals surface area (Å²) in [5.74, 6) is -0.158. The van der Waals surface area contributed by atoms with Gasteiger partial charge in [0.1, 0.15) is 6.10 Å². The predicted octanol–water partition coefficient (Wildman–Crippen LogP) is 4.29. The minimum Gasteiger partial charge on any atom is -0.459 e. The Labute approximate surface area is 158 Å². The molecule has 3 aliphatic carbocycles. The van der Waals surface area contributed by atoms with Gasteiger partial charge in [0.15, 0.2) is 0 Å². The van der Waals surface area contributed by atoms with Gasteiger partial charge in [-0.2, -0.15) is 0 Å². The zero-order valence-electron chi connectivity index (χ0n) is 16.4. The number of fused-ring (bicyclic) bond motifs is 1. The third-order valence-corrected chi connectivity index (χ3v) is 7.06. The number of esters is 1. The molecule has 0 radical (unpaired) electrons. The molecular formula is C22H36N2O2. The third-order valence-electron chi connectivity index (χ3n) is 7.06. The van der Waals surface area contributed by atoms with Crippen LogP contribution in [0.25, 0.3) is 0 Å². The van der Waals surface area contributed by atoms with Crippen LogP contribution < -0.4 is 5.32 Å². The smallest absolute Gasteiger partial charge is 0.332 e. The van der Waals surface area contributed by atoms with Crippen molar-refractivity contribution >= 4 is 5.97 Å². The Morgan fingerprint density at radius 2 is 1.42 bits per heavy atom. The van der Waals surface area contributed by atoms with Crippen molar-refractivity contribution in [2.24, 2.45) is 0 Å². The number of likely N-dealkylation sites (tertiary alicyclic amines) is 1. The van der Waals surface area contributed by atoms with Crippen molar-refractivity contribution in [3.05, 3.63) is 11.8 Å². The van der Waals surface area contributed by atoms with E-state index in [1.807, 2.05) is 6.92 Å². The normalized spacial score (nSPS) is 38.3. The SMILES string of the molecule is C/C(=C/C(=O)OC1CCCCC1)N[C@@H]1CCCC[C@H]1N1C2CCCCC21. The number of allylic oxidation sites excluding steroid dienone is 1. The van der Waals surface area contributed by atoms with Crippen molar-refractivity contribution in [3.63, 3.8) is 0 Å². The van der Waals surface area contributed by atoms with Crippen molar-refractivity contribution in [2.45, 2.75) is 121 Å². The average Bonchev–Trinajstić information content (AvgIpc) is 3.37. The van der Waals surface area contributed by atoms with Crippen molar-refractivity contribution in [1.29, 1.82) is 0 Å². The molecule has 0 aromatic heterocycles. The van der Waals surface area contributed by atoms with Gasteiger partial charge in [-0.1, -0.05) is 32.1 Å². The lowest BCUT2D eigenvalue weighted by molar-refractivity contribution is -0.144. The zero-order chi connectivity index (χ0) is 17.9. The van der Waals surface area contributed by atoms with Crippen LogP contribution in [0.2, 0.25) is 0 Å². The van der Waals surface area contributed by atoms with Gasteiger partial charge in [-0.3, -0.25) is 4.90 Å². The maximum Gasteiger partial charge on any atom is 0.332 e. The molecule has 4 heteroatoms. The first kappa shape index (κ1) is 18.3. The standard InChI is InChI=1S/C22H36N2O2/c1-16(15-22(25)26-17-9-3-2-4-10-17)23-18-11-5-6-12-19(18)24-20-13-7-8-14-21(20)24/h15,17-21,23H,2-14H2,1H3/b16-15-/t18-,19-,20?,21?,24?/m1/s1. The van der Waals surface area contributed by atoms with Gasteiger partial charge in [-0.15, -0.1) is 0 Å². The summed E-state index contributed by atoms with van der Waals surface area (Å²) in [6.45, 7) is 2.03. The van der Waals surface area contributed by atoms with E-state index in [9.17, 15) is 4.79 Å². The zero-order valence-corrected chi connectivity index (χ0v) is 16.4. The maximum absolute atomic E-state index is 12.2. The molecule has 0 aromatic carbocycles. The molecule has 0 aromatic rings. The van der Waals surface area contributed by atoms with E-state index in [2.05, 4.69) is 10.2 Å². The summed E-state index contributed by atoms with van der Waals surface area (Å²) in [5, 5.41) is 3.69. The Morgan fingerprint density at radius 3 is 2.12 bits per heavy atom. The number of rotatable bonds is 5. The summed E-state index contributed by atoms with van der Waals surface area (Å²) in [7, 11) is 0. The Balaban J connectivity index is 1.31. The second kappa shape index (κ2) is 8.33. The van der Waals surface area contributed by atoms with Crippen LogP contribution in [0.15, 0.2) is 11.8 Å². The fraction of sp³-hybridized carbons (Fsp3) is 0.864. The quantitative estimate of drug-likeness (QED) is 0.451. The van der Waals surface area contributed by atoms with Crippen LogP contribution in [0.4, 0.5) is 0 Å². The molecule has 26 heavy (non-hydrogen) atoms. The molecule has 1 aliphatic heterocycles. The number of ether oxygens (including phenoxy) is 1. The number of carbonyl (C=O) groups is 1. The van der Waals surface area contributed by atoms with Crippen LogP contribution in [-0.4, -0.2) is 41.1 Å².